The van der Waals surface area contributed by atoms with Gasteiger partial charge in [0.1, 0.15) is 6.54 Å². The molecule has 0 aromatic heterocycles. The second-order valence-corrected chi connectivity index (χ2v) is 4.48. The van der Waals surface area contributed by atoms with Gasteiger partial charge in [-0.05, 0) is 19.8 Å². The van der Waals surface area contributed by atoms with Crippen molar-refractivity contribution in [2.24, 2.45) is 5.73 Å². The number of halogens is 3. The van der Waals surface area contributed by atoms with E-state index < -0.39 is 24.3 Å². The number of amides is 2. The zero-order chi connectivity index (χ0) is 14.4. The van der Waals surface area contributed by atoms with Gasteiger partial charge in [-0.1, -0.05) is 13.8 Å². The molecule has 0 aromatic carbocycles. The summed E-state index contributed by atoms with van der Waals surface area (Å²) in [6.45, 7) is 4.75. The zero-order valence-corrected chi connectivity index (χ0v) is 11.1. The average molecular weight is 269 g/mol. The first-order valence-corrected chi connectivity index (χ1v) is 6.02. The fraction of sp³-hybridized carbons (Fsp3) is 0.909. The number of nitrogens with two attached hydrogens (primary N) is 1. The Bertz CT molecular complexity index is 265. The van der Waals surface area contributed by atoms with Crippen molar-refractivity contribution in [2.75, 3.05) is 19.6 Å². The predicted octanol–water partition coefficient (Wildman–Crippen LogP) is 2.10. The smallest absolute Gasteiger partial charge is 0.329 e. The maximum absolute atomic E-state index is 12.1. The van der Waals surface area contributed by atoms with Crippen LogP contribution in [0.5, 0.6) is 0 Å². The Morgan fingerprint density at radius 3 is 2.22 bits per heavy atom. The van der Waals surface area contributed by atoms with Crippen LogP contribution >= 0.6 is 0 Å². The van der Waals surface area contributed by atoms with Gasteiger partial charge in [0.2, 0.25) is 0 Å². The number of nitrogens with one attached hydrogen (secondary N) is 1. The van der Waals surface area contributed by atoms with Crippen molar-refractivity contribution >= 4 is 6.03 Å². The van der Waals surface area contributed by atoms with Gasteiger partial charge in [-0.25, -0.2) is 4.79 Å². The summed E-state index contributed by atoms with van der Waals surface area (Å²) in [5.41, 5.74) is 5.01. The molecule has 0 aromatic rings. The topological polar surface area (TPSA) is 58.4 Å². The molecule has 0 heterocycles. The Labute approximate surface area is 106 Å². The summed E-state index contributed by atoms with van der Waals surface area (Å²) in [5.74, 6) is 0. The van der Waals surface area contributed by atoms with Crippen LogP contribution in [0.3, 0.4) is 0 Å². The second-order valence-electron chi connectivity index (χ2n) is 4.48. The first-order valence-electron chi connectivity index (χ1n) is 6.02. The van der Waals surface area contributed by atoms with Crippen LogP contribution in [-0.2, 0) is 0 Å². The SMILES string of the molecule is CCCN(C(=O)NCC(F)(F)F)C(C)(CC)CN. The lowest BCUT2D eigenvalue weighted by Crippen LogP contribution is -2.58. The molecule has 0 aliphatic rings. The highest BCUT2D eigenvalue weighted by Crippen LogP contribution is 2.19. The number of alkyl halides is 3. The van der Waals surface area contributed by atoms with Gasteiger partial charge in [0.15, 0.2) is 0 Å². The molecule has 0 fully saturated rings. The van der Waals surface area contributed by atoms with E-state index in [1.165, 1.54) is 4.90 Å². The van der Waals surface area contributed by atoms with E-state index in [1.807, 2.05) is 19.2 Å². The number of hydrogen-bond donors (Lipinski definition) is 2. The lowest BCUT2D eigenvalue weighted by molar-refractivity contribution is -0.123. The van der Waals surface area contributed by atoms with Gasteiger partial charge in [-0.3, -0.25) is 0 Å². The zero-order valence-electron chi connectivity index (χ0n) is 11.1. The molecular weight excluding hydrogens is 247 g/mol. The van der Waals surface area contributed by atoms with Crippen LogP contribution in [-0.4, -0.2) is 42.3 Å². The molecule has 2 amide bonds. The number of carbonyl (C=O) groups is 1. The molecule has 1 atom stereocenters. The molecule has 18 heavy (non-hydrogen) atoms. The Morgan fingerprint density at radius 1 is 1.33 bits per heavy atom. The number of nitrogens with zero attached hydrogens (tertiary/aromatic N) is 1. The molecule has 0 saturated carbocycles. The van der Waals surface area contributed by atoms with E-state index in [4.69, 9.17) is 5.73 Å². The molecule has 0 aliphatic heterocycles. The van der Waals surface area contributed by atoms with Crippen molar-refractivity contribution in [1.82, 2.24) is 10.2 Å². The minimum absolute atomic E-state index is 0.211. The van der Waals surface area contributed by atoms with Crippen LogP contribution in [0.25, 0.3) is 0 Å². The summed E-state index contributed by atoms with van der Waals surface area (Å²) in [6.07, 6.45) is -3.16. The van der Waals surface area contributed by atoms with Crippen molar-refractivity contribution in [3.8, 4) is 0 Å². The highest BCUT2D eigenvalue weighted by atomic mass is 19.4. The third kappa shape index (κ3) is 5.12. The van der Waals surface area contributed by atoms with E-state index in [9.17, 15) is 18.0 Å². The molecule has 1 unspecified atom stereocenters. The van der Waals surface area contributed by atoms with Crippen molar-refractivity contribution in [2.45, 2.75) is 45.3 Å². The first-order chi connectivity index (χ1) is 8.20. The molecule has 4 nitrogen and oxygen atoms in total. The number of hydrogen-bond acceptors (Lipinski definition) is 2. The molecule has 0 saturated heterocycles. The monoisotopic (exact) mass is 269 g/mol. The molecular formula is C11H22F3N3O. The van der Waals surface area contributed by atoms with E-state index >= 15 is 0 Å². The molecule has 0 aliphatic carbocycles. The Balaban J connectivity index is 4.73. The van der Waals surface area contributed by atoms with E-state index in [-0.39, 0.29) is 6.54 Å². The number of rotatable bonds is 6. The largest absolute Gasteiger partial charge is 0.405 e. The third-order valence-electron chi connectivity index (χ3n) is 2.99. The normalized spacial score (nSPS) is 15.1. The first kappa shape index (κ1) is 17.0. The van der Waals surface area contributed by atoms with E-state index in [0.717, 1.165) is 0 Å². The highest BCUT2D eigenvalue weighted by molar-refractivity contribution is 5.75. The lowest BCUT2D eigenvalue weighted by atomic mass is 9.96. The van der Waals surface area contributed by atoms with Crippen LogP contribution in [0.15, 0.2) is 0 Å². The van der Waals surface area contributed by atoms with Crippen LogP contribution in [0.4, 0.5) is 18.0 Å². The molecule has 0 spiro atoms. The minimum atomic E-state index is -4.40. The van der Waals surface area contributed by atoms with Gasteiger partial charge in [0.25, 0.3) is 0 Å². The van der Waals surface area contributed by atoms with Gasteiger partial charge >= 0.3 is 12.2 Å². The number of urea groups is 1. The number of carbonyl (C=O) groups excluding carboxylic acids is 1. The van der Waals surface area contributed by atoms with Gasteiger partial charge in [0.05, 0.1) is 5.54 Å². The van der Waals surface area contributed by atoms with E-state index in [1.54, 1.807) is 6.92 Å². The van der Waals surface area contributed by atoms with E-state index in [2.05, 4.69) is 0 Å². The van der Waals surface area contributed by atoms with Crippen LogP contribution in [0.1, 0.15) is 33.6 Å². The van der Waals surface area contributed by atoms with Crippen molar-refractivity contribution in [3.05, 3.63) is 0 Å². The van der Waals surface area contributed by atoms with Crippen LogP contribution in [0, 0.1) is 0 Å². The molecule has 3 N–H and O–H groups in total. The minimum Gasteiger partial charge on any atom is -0.329 e. The fourth-order valence-corrected chi connectivity index (χ4v) is 1.56. The Morgan fingerprint density at radius 2 is 1.89 bits per heavy atom. The predicted molar refractivity (Wildman–Crippen MR) is 64.2 cm³/mol. The quantitative estimate of drug-likeness (QED) is 0.775. The standard InChI is InChI=1S/C11H22F3N3O/c1-4-6-17(10(3,5-2)7-15)9(18)16-8-11(12,13)14/h4-8,15H2,1-3H3,(H,16,18). The van der Waals surface area contributed by atoms with Crippen molar-refractivity contribution < 1.29 is 18.0 Å². The maximum atomic E-state index is 12.1. The van der Waals surface area contributed by atoms with Crippen molar-refractivity contribution in [1.29, 1.82) is 0 Å². The summed E-state index contributed by atoms with van der Waals surface area (Å²) in [6, 6.07) is -0.719. The molecule has 0 bridgehead atoms. The molecule has 7 heteroatoms. The maximum Gasteiger partial charge on any atom is 0.405 e. The summed E-state index contributed by atoms with van der Waals surface area (Å²) in [5, 5.41) is 1.89. The summed E-state index contributed by atoms with van der Waals surface area (Å²) in [7, 11) is 0. The van der Waals surface area contributed by atoms with Gasteiger partial charge in [-0.2, -0.15) is 13.2 Å². The third-order valence-corrected chi connectivity index (χ3v) is 2.99. The summed E-state index contributed by atoms with van der Waals surface area (Å²) >= 11 is 0. The highest BCUT2D eigenvalue weighted by Gasteiger charge is 2.34. The Hall–Kier alpha value is -0.980. The fourth-order valence-electron chi connectivity index (χ4n) is 1.56. The van der Waals surface area contributed by atoms with Crippen LogP contribution in [0.2, 0.25) is 0 Å². The second kappa shape index (κ2) is 6.82. The van der Waals surface area contributed by atoms with Crippen LogP contribution < -0.4 is 11.1 Å². The summed E-state index contributed by atoms with van der Waals surface area (Å²) in [4.78, 5) is 13.2. The van der Waals surface area contributed by atoms with E-state index in [0.29, 0.717) is 19.4 Å². The van der Waals surface area contributed by atoms with Gasteiger partial charge < -0.3 is 16.0 Å². The van der Waals surface area contributed by atoms with Crippen molar-refractivity contribution in [3.63, 3.8) is 0 Å². The van der Waals surface area contributed by atoms with Gasteiger partial charge in [0, 0.05) is 13.1 Å². The Kier molecular flexibility index (Phi) is 6.45. The molecule has 0 rings (SSSR count). The average Bonchev–Trinajstić information content (AvgIpc) is 2.31. The van der Waals surface area contributed by atoms with Gasteiger partial charge in [-0.15, -0.1) is 0 Å². The lowest BCUT2D eigenvalue weighted by Gasteiger charge is -2.40. The molecule has 0 radical (unpaired) electrons. The summed E-state index contributed by atoms with van der Waals surface area (Å²) < 4.78 is 36.2. The molecule has 108 valence electrons.